The minimum Gasteiger partial charge on any atom is -0.330 e. The van der Waals surface area contributed by atoms with E-state index in [1.54, 1.807) is 0 Å². The largest absolute Gasteiger partial charge is 0.330 e. The minimum atomic E-state index is -0.220. The summed E-state index contributed by atoms with van der Waals surface area (Å²) < 4.78 is 12.1. The van der Waals surface area contributed by atoms with Gasteiger partial charge in [0, 0.05) is 12.0 Å². The summed E-state index contributed by atoms with van der Waals surface area (Å²) in [4.78, 5) is 0. The fourth-order valence-corrected chi connectivity index (χ4v) is 1.92. The first kappa shape index (κ1) is 13.2. The number of alkyl halides is 1. The van der Waals surface area contributed by atoms with E-state index in [-0.39, 0.29) is 12.1 Å². The molecule has 0 saturated carbocycles. The van der Waals surface area contributed by atoms with Crippen molar-refractivity contribution in [2.24, 2.45) is 5.73 Å². The quantitative estimate of drug-likeness (QED) is 0.736. The van der Waals surface area contributed by atoms with Crippen molar-refractivity contribution in [2.75, 3.05) is 13.2 Å². The molecular formula is C14H22FN. The van der Waals surface area contributed by atoms with Gasteiger partial charge in [-0.1, -0.05) is 38.1 Å². The third kappa shape index (κ3) is 3.31. The number of unbranched alkanes of at least 4 members (excludes halogenated alkanes) is 1. The molecule has 90 valence electrons. The van der Waals surface area contributed by atoms with Gasteiger partial charge < -0.3 is 5.73 Å². The number of hydrogen-bond donors (Lipinski definition) is 1. The van der Waals surface area contributed by atoms with Crippen molar-refractivity contribution in [1.29, 1.82) is 0 Å². The predicted octanol–water partition coefficient (Wildman–Crippen LogP) is 3.22. The van der Waals surface area contributed by atoms with Gasteiger partial charge in [-0.2, -0.15) is 0 Å². The van der Waals surface area contributed by atoms with Crippen LogP contribution in [-0.4, -0.2) is 13.2 Å². The predicted molar refractivity (Wildman–Crippen MR) is 67.4 cm³/mol. The van der Waals surface area contributed by atoms with E-state index in [1.165, 1.54) is 11.1 Å². The highest BCUT2D eigenvalue weighted by Crippen LogP contribution is 2.26. The molecule has 0 radical (unpaired) electrons. The van der Waals surface area contributed by atoms with E-state index in [1.807, 2.05) is 12.1 Å². The smallest absolute Gasteiger partial charge is 0.0894 e. The zero-order valence-corrected chi connectivity index (χ0v) is 10.3. The highest BCUT2D eigenvalue weighted by atomic mass is 19.1. The van der Waals surface area contributed by atoms with Crippen LogP contribution >= 0.6 is 0 Å². The summed E-state index contributed by atoms with van der Waals surface area (Å²) in [5.41, 5.74) is 8.42. The van der Waals surface area contributed by atoms with E-state index in [2.05, 4.69) is 26.0 Å². The molecule has 0 heterocycles. The highest BCUT2D eigenvalue weighted by molar-refractivity contribution is 5.33. The van der Waals surface area contributed by atoms with E-state index in [4.69, 9.17) is 5.73 Å². The van der Waals surface area contributed by atoms with Crippen LogP contribution < -0.4 is 5.73 Å². The first-order valence-electron chi connectivity index (χ1n) is 5.96. The van der Waals surface area contributed by atoms with Crippen molar-refractivity contribution in [3.8, 4) is 0 Å². The Morgan fingerprint density at radius 3 is 2.50 bits per heavy atom. The van der Waals surface area contributed by atoms with Crippen LogP contribution in [0.25, 0.3) is 0 Å². The third-order valence-corrected chi connectivity index (χ3v) is 3.09. The van der Waals surface area contributed by atoms with Gasteiger partial charge in [0.2, 0.25) is 0 Å². The van der Waals surface area contributed by atoms with Gasteiger partial charge in [-0.25, -0.2) is 0 Å². The number of aryl methyl sites for hydroxylation is 1. The van der Waals surface area contributed by atoms with Gasteiger partial charge in [-0.15, -0.1) is 0 Å². The van der Waals surface area contributed by atoms with Gasteiger partial charge in [0.25, 0.3) is 0 Å². The second-order valence-corrected chi connectivity index (χ2v) is 4.89. The number of halogens is 1. The number of nitrogens with two attached hydrogens (primary N) is 1. The normalized spacial score (nSPS) is 11.8. The number of hydrogen-bond acceptors (Lipinski definition) is 1. The lowest BCUT2D eigenvalue weighted by Gasteiger charge is -2.26. The Morgan fingerprint density at radius 2 is 1.88 bits per heavy atom. The molecule has 1 rings (SSSR count). The lowest BCUT2D eigenvalue weighted by Crippen LogP contribution is -2.29. The minimum absolute atomic E-state index is 0.00626. The monoisotopic (exact) mass is 223 g/mol. The lowest BCUT2D eigenvalue weighted by atomic mass is 9.81. The Morgan fingerprint density at radius 1 is 1.19 bits per heavy atom. The van der Waals surface area contributed by atoms with Gasteiger partial charge in [-0.3, -0.25) is 4.39 Å². The number of benzene rings is 1. The van der Waals surface area contributed by atoms with Gasteiger partial charge in [0.05, 0.1) is 6.67 Å². The van der Waals surface area contributed by atoms with E-state index in [9.17, 15) is 4.39 Å². The molecule has 0 aliphatic heterocycles. The Kier molecular flexibility index (Phi) is 4.94. The SMILES string of the molecule is CC(C)(CN)c1ccccc1CCCCF. The second kappa shape index (κ2) is 6.00. The van der Waals surface area contributed by atoms with Crippen molar-refractivity contribution in [2.45, 2.75) is 38.5 Å². The van der Waals surface area contributed by atoms with Crippen molar-refractivity contribution >= 4 is 0 Å². The molecule has 0 aliphatic rings. The van der Waals surface area contributed by atoms with E-state index in [0.29, 0.717) is 13.0 Å². The molecule has 1 aromatic rings. The average Bonchev–Trinajstić information content (AvgIpc) is 2.30. The van der Waals surface area contributed by atoms with Crippen LogP contribution in [-0.2, 0) is 11.8 Å². The van der Waals surface area contributed by atoms with E-state index in [0.717, 1.165) is 12.8 Å². The maximum Gasteiger partial charge on any atom is 0.0894 e. The number of rotatable bonds is 6. The molecule has 2 N–H and O–H groups in total. The van der Waals surface area contributed by atoms with Crippen molar-refractivity contribution in [3.63, 3.8) is 0 Å². The van der Waals surface area contributed by atoms with Crippen molar-refractivity contribution in [3.05, 3.63) is 35.4 Å². The maximum atomic E-state index is 12.1. The molecule has 0 fully saturated rings. The van der Waals surface area contributed by atoms with Gasteiger partial charge in [0.1, 0.15) is 0 Å². The molecule has 1 aromatic carbocycles. The van der Waals surface area contributed by atoms with Crippen molar-refractivity contribution < 1.29 is 4.39 Å². The fraction of sp³-hybridized carbons (Fsp3) is 0.571. The summed E-state index contributed by atoms with van der Waals surface area (Å²) >= 11 is 0. The average molecular weight is 223 g/mol. The van der Waals surface area contributed by atoms with Crippen LogP contribution in [0.1, 0.15) is 37.8 Å². The van der Waals surface area contributed by atoms with Gasteiger partial charge in [-0.05, 0) is 30.4 Å². The summed E-state index contributed by atoms with van der Waals surface area (Å²) in [6.07, 6.45) is 2.51. The molecule has 2 heteroatoms. The van der Waals surface area contributed by atoms with Crippen LogP contribution in [0.4, 0.5) is 4.39 Å². The van der Waals surface area contributed by atoms with Crippen LogP contribution in [0.5, 0.6) is 0 Å². The zero-order valence-electron chi connectivity index (χ0n) is 10.3. The van der Waals surface area contributed by atoms with E-state index < -0.39 is 0 Å². The molecule has 1 nitrogen and oxygen atoms in total. The van der Waals surface area contributed by atoms with Crippen LogP contribution in [0.2, 0.25) is 0 Å². The molecule has 16 heavy (non-hydrogen) atoms. The molecule has 0 spiro atoms. The topological polar surface area (TPSA) is 26.0 Å². The summed E-state index contributed by atoms with van der Waals surface area (Å²) in [6.45, 7) is 4.72. The first-order chi connectivity index (χ1) is 7.61. The summed E-state index contributed by atoms with van der Waals surface area (Å²) in [5.74, 6) is 0. The third-order valence-electron chi connectivity index (χ3n) is 3.09. The molecule has 0 aromatic heterocycles. The van der Waals surface area contributed by atoms with Crippen LogP contribution in [0, 0.1) is 0 Å². The summed E-state index contributed by atoms with van der Waals surface area (Å²) in [6, 6.07) is 8.36. The molecule has 0 amide bonds. The maximum absolute atomic E-state index is 12.1. The molecule has 0 bridgehead atoms. The molecule has 0 unspecified atom stereocenters. The Balaban J connectivity index is 2.83. The first-order valence-corrected chi connectivity index (χ1v) is 5.96. The summed E-state index contributed by atoms with van der Waals surface area (Å²) in [7, 11) is 0. The Hall–Kier alpha value is -0.890. The van der Waals surface area contributed by atoms with Gasteiger partial charge in [0.15, 0.2) is 0 Å². The fourth-order valence-electron chi connectivity index (χ4n) is 1.92. The lowest BCUT2D eigenvalue weighted by molar-refractivity contribution is 0.460. The van der Waals surface area contributed by atoms with Crippen LogP contribution in [0.3, 0.4) is 0 Å². The van der Waals surface area contributed by atoms with Crippen LogP contribution in [0.15, 0.2) is 24.3 Å². The van der Waals surface area contributed by atoms with E-state index >= 15 is 0 Å². The summed E-state index contributed by atoms with van der Waals surface area (Å²) in [5, 5.41) is 0. The van der Waals surface area contributed by atoms with Crippen molar-refractivity contribution in [1.82, 2.24) is 0 Å². The standard InChI is InChI=1S/C14H22FN/c1-14(2,11-16)13-9-4-3-7-12(13)8-5-6-10-15/h3-4,7,9H,5-6,8,10-11,16H2,1-2H3. The molecule has 0 atom stereocenters. The van der Waals surface area contributed by atoms with Gasteiger partial charge >= 0.3 is 0 Å². The molecular weight excluding hydrogens is 201 g/mol. The zero-order chi connectivity index (χ0) is 12.0. The molecule has 0 saturated heterocycles. The highest BCUT2D eigenvalue weighted by Gasteiger charge is 2.20. The second-order valence-electron chi connectivity index (χ2n) is 4.89. The molecule has 0 aliphatic carbocycles. The Labute approximate surface area is 97.9 Å². The Bertz CT molecular complexity index is 320.